The summed E-state index contributed by atoms with van der Waals surface area (Å²) >= 11 is 0. The SMILES string of the molecule is CCCN(CCO)C(=O)C1(CN)CCC1. The number of amides is 1. The Bertz CT molecular complexity index is 203. The number of hydrogen-bond donors (Lipinski definition) is 2. The monoisotopic (exact) mass is 214 g/mol. The Hall–Kier alpha value is -0.610. The molecule has 1 saturated carbocycles. The molecule has 0 aromatic heterocycles. The summed E-state index contributed by atoms with van der Waals surface area (Å²) < 4.78 is 0. The molecule has 0 saturated heterocycles. The fourth-order valence-electron chi connectivity index (χ4n) is 2.15. The Morgan fingerprint density at radius 2 is 2.13 bits per heavy atom. The van der Waals surface area contributed by atoms with Gasteiger partial charge in [0.05, 0.1) is 12.0 Å². The predicted molar refractivity (Wildman–Crippen MR) is 59.3 cm³/mol. The molecule has 88 valence electrons. The van der Waals surface area contributed by atoms with Crippen LogP contribution in [-0.4, -0.2) is 42.2 Å². The maximum absolute atomic E-state index is 12.2. The maximum atomic E-state index is 12.2. The van der Waals surface area contributed by atoms with Gasteiger partial charge in [0.2, 0.25) is 5.91 Å². The summed E-state index contributed by atoms with van der Waals surface area (Å²) in [7, 11) is 0. The number of carbonyl (C=O) groups excluding carboxylic acids is 1. The van der Waals surface area contributed by atoms with Gasteiger partial charge in [0.1, 0.15) is 0 Å². The van der Waals surface area contributed by atoms with E-state index in [0.29, 0.717) is 13.1 Å². The molecular weight excluding hydrogens is 192 g/mol. The molecule has 1 rings (SSSR count). The van der Waals surface area contributed by atoms with Crippen LogP contribution in [0.25, 0.3) is 0 Å². The molecule has 0 radical (unpaired) electrons. The smallest absolute Gasteiger partial charge is 0.230 e. The Balaban J connectivity index is 2.61. The van der Waals surface area contributed by atoms with Crippen LogP contribution < -0.4 is 5.73 Å². The van der Waals surface area contributed by atoms with E-state index in [2.05, 4.69) is 0 Å². The van der Waals surface area contributed by atoms with E-state index >= 15 is 0 Å². The first-order chi connectivity index (χ1) is 7.20. The zero-order valence-corrected chi connectivity index (χ0v) is 9.54. The summed E-state index contributed by atoms with van der Waals surface area (Å²) in [6, 6.07) is 0. The highest BCUT2D eigenvalue weighted by molar-refractivity contribution is 5.84. The molecule has 4 nitrogen and oxygen atoms in total. The third kappa shape index (κ3) is 2.49. The van der Waals surface area contributed by atoms with Crippen LogP contribution in [0.15, 0.2) is 0 Å². The van der Waals surface area contributed by atoms with Gasteiger partial charge in [-0.25, -0.2) is 0 Å². The fraction of sp³-hybridized carbons (Fsp3) is 0.909. The van der Waals surface area contributed by atoms with Crippen molar-refractivity contribution in [2.45, 2.75) is 32.6 Å². The Kier molecular flexibility index (Phi) is 4.54. The number of aliphatic hydroxyl groups is 1. The molecule has 0 aromatic carbocycles. The number of nitrogens with zero attached hydrogens (tertiary/aromatic N) is 1. The Labute approximate surface area is 91.4 Å². The van der Waals surface area contributed by atoms with Crippen LogP contribution in [0.1, 0.15) is 32.6 Å². The average molecular weight is 214 g/mol. The van der Waals surface area contributed by atoms with Gasteiger partial charge >= 0.3 is 0 Å². The normalized spacial score (nSPS) is 18.3. The topological polar surface area (TPSA) is 66.6 Å². The molecule has 1 fully saturated rings. The quantitative estimate of drug-likeness (QED) is 0.670. The van der Waals surface area contributed by atoms with E-state index in [0.717, 1.165) is 32.2 Å². The minimum atomic E-state index is -0.301. The molecule has 0 unspecified atom stereocenters. The summed E-state index contributed by atoms with van der Waals surface area (Å²) in [6.07, 6.45) is 3.84. The molecule has 0 aromatic rings. The standard InChI is InChI=1S/C11H22N2O2/c1-2-6-13(7-8-14)10(15)11(9-12)4-3-5-11/h14H,2-9,12H2,1H3. The van der Waals surface area contributed by atoms with Crippen LogP contribution in [0.5, 0.6) is 0 Å². The molecule has 0 spiro atoms. The molecule has 1 aliphatic carbocycles. The van der Waals surface area contributed by atoms with E-state index in [9.17, 15) is 4.79 Å². The van der Waals surface area contributed by atoms with Gasteiger partial charge in [-0.2, -0.15) is 0 Å². The van der Waals surface area contributed by atoms with Gasteiger partial charge in [0.15, 0.2) is 0 Å². The zero-order valence-electron chi connectivity index (χ0n) is 9.54. The molecule has 1 aliphatic rings. The first kappa shape index (κ1) is 12.5. The van der Waals surface area contributed by atoms with Crippen molar-refractivity contribution in [1.82, 2.24) is 4.90 Å². The van der Waals surface area contributed by atoms with Gasteiger partial charge in [0.25, 0.3) is 0 Å². The lowest BCUT2D eigenvalue weighted by Crippen LogP contribution is -2.52. The summed E-state index contributed by atoms with van der Waals surface area (Å²) in [5.74, 6) is 0.146. The minimum Gasteiger partial charge on any atom is -0.395 e. The molecule has 3 N–H and O–H groups in total. The largest absolute Gasteiger partial charge is 0.395 e. The lowest BCUT2D eigenvalue weighted by Gasteiger charge is -2.42. The van der Waals surface area contributed by atoms with E-state index in [1.54, 1.807) is 4.90 Å². The summed E-state index contributed by atoms with van der Waals surface area (Å²) in [5, 5.41) is 8.92. The average Bonchev–Trinajstić information content (AvgIpc) is 2.16. The van der Waals surface area contributed by atoms with Crippen LogP contribution >= 0.6 is 0 Å². The van der Waals surface area contributed by atoms with Crippen LogP contribution in [0.3, 0.4) is 0 Å². The van der Waals surface area contributed by atoms with E-state index in [1.165, 1.54) is 0 Å². The highest BCUT2D eigenvalue weighted by Crippen LogP contribution is 2.41. The summed E-state index contributed by atoms with van der Waals surface area (Å²) in [5.41, 5.74) is 5.39. The highest BCUT2D eigenvalue weighted by Gasteiger charge is 2.44. The maximum Gasteiger partial charge on any atom is 0.230 e. The number of hydrogen-bond acceptors (Lipinski definition) is 3. The summed E-state index contributed by atoms with van der Waals surface area (Å²) in [4.78, 5) is 13.9. The molecule has 0 heterocycles. The lowest BCUT2D eigenvalue weighted by atomic mass is 9.68. The zero-order chi connectivity index (χ0) is 11.3. The van der Waals surface area contributed by atoms with E-state index in [4.69, 9.17) is 10.8 Å². The number of nitrogens with two attached hydrogens (primary N) is 1. The van der Waals surface area contributed by atoms with E-state index in [1.807, 2.05) is 6.92 Å². The minimum absolute atomic E-state index is 0.0341. The van der Waals surface area contributed by atoms with Gasteiger partial charge in [-0.05, 0) is 19.3 Å². The van der Waals surface area contributed by atoms with Crippen LogP contribution in [0.2, 0.25) is 0 Å². The first-order valence-electron chi connectivity index (χ1n) is 5.80. The molecule has 0 aliphatic heterocycles. The predicted octanol–water partition coefficient (Wildman–Crippen LogP) is 0.346. The van der Waals surface area contributed by atoms with Crippen molar-refractivity contribution in [2.75, 3.05) is 26.2 Å². The van der Waals surface area contributed by atoms with Crippen LogP contribution in [-0.2, 0) is 4.79 Å². The van der Waals surface area contributed by atoms with Crippen molar-refractivity contribution in [1.29, 1.82) is 0 Å². The van der Waals surface area contributed by atoms with Crippen molar-refractivity contribution in [3.05, 3.63) is 0 Å². The third-order valence-electron chi connectivity index (χ3n) is 3.31. The van der Waals surface area contributed by atoms with Crippen molar-refractivity contribution >= 4 is 5.91 Å². The van der Waals surface area contributed by atoms with Crippen molar-refractivity contribution < 1.29 is 9.90 Å². The van der Waals surface area contributed by atoms with Crippen molar-refractivity contribution in [3.63, 3.8) is 0 Å². The number of carbonyl (C=O) groups is 1. The van der Waals surface area contributed by atoms with Crippen LogP contribution in [0, 0.1) is 5.41 Å². The molecular formula is C11H22N2O2. The molecule has 15 heavy (non-hydrogen) atoms. The first-order valence-corrected chi connectivity index (χ1v) is 5.80. The second-order valence-electron chi connectivity index (χ2n) is 4.35. The van der Waals surface area contributed by atoms with E-state index < -0.39 is 0 Å². The fourth-order valence-corrected chi connectivity index (χ4v) is 2.15. The van der Waals surface area contributed by atoms with Crippen molar-refractivity contribution in [2.24, 2.45) is 11.1 Å². The molecule has 4 heteroatoms. The Morgan fingerprint density at radius 3 is 2.47 bits per heavy atom. The second kappa shape index (κ2) is 5.47. The van der Waals surface area contributed by atoms with Gasteiger partial charge in [-0.3, -0.25) is 4.79 Å². The molecule has 0 atom stereocenters. The van der Waals surface area contributed by atoms with Gasteiger partial charge < -0.3 is 15.7 Å². The second-order valence-corrected chi connectivity index (χ2v) is 4.35. The Morgan fingerprint density at radius 1 is 1.47 bits per heavy atom. The number of rotatable bonds is 6. The number of aliphatic hydroxyl groups excluding tert-OH is 1. The molecule has 0 bridgehead atoms. The highest BCUT2D eigenvalue weighted by atomic mass is 16.3. The lowest BCUT2D eigenvalue weighted by molar-refractivity contribution is -0.147. The third-order valence-corrected chi connectivity index (χ3v) is 3.31. The summed E-state index contributed by atoms with van der Waals surface area (Å²) in [6.45, 7) is 3.67. The van der Waals surface area contributed by atoms with Crippen molar-refractivity contribution in [3.8, 4) is 0 Å². The molecule has 1 amide bonds. The van der Waals surface area contributed by atoms with Gasteiger partial charge in [-0.1, -0.05) is 13.3 Å². The van der Waals surface area contributed by atoms with Gasteiger partial charge in [-0.15, -0.1) is 0 Å². The van der Waals surface area contributed by atoms with Crippen LogP contribution in [0.4, 0.5) is 0 Å². The van der Waals surface area contributed by atoms with E-state index in [-0.39, 0.29) is 17.9 Å². The van der Waals surface area contributed by atoms with Gasteiger partial charge in [0, 0.05) is 19.6 Å².